The molecule has 4 nitrogen and oxygen atoms in total. The number of aliphatic hydroxyl groups is 1. The number of hydrogen-bond donors (Lipinski definition) is 2. The lowest BCUT2D eigenvalue weighted by Crippen LogP contribution is -2.39. The summed E-state index contributed by atoms with van der Waals surface area (Å²) in [6.45, 7) is 9.14. The van der Waals surface area contributed by atoms with Crippen molar-refractivity contribution in [3.63, 3.8) is 0 Å². The van der Waals surface area contributed by atoms with E-state index in [1.165, 1.54) is 11.1 Å². The Kier molecular flexibility index (Phi) is 13.0. The Balaban J connectivity index is 0.00000529. The summed E-state index contributed by atoms with van der Waals surface area (Å²) in [5, 5.41) is 12.6. The van der Waals surface area contributed by atoms with E-state index in [-0.39, 0.29) is 30.6 Å². The Morgan fingerprint density at radius 3 is 2.54 bits per heavy atom. The standard InChI is InChI=1S/C19H33N3O.HI/c1-5-9-17(12-13-23)14-21-19(20-6-2)22(4)15-18-11-8-7-10-16(18)3;/h7-8,10-11,17,23H,5-6,9,12-15H2,1-4H3,(H,20,21);1H. The molecule has 1 aromatic rings. The van der Waals surface area contributed by atoms with Crippen molar-refractivity contribution in [2.24, 2.45) is 10.9 Å². The minimum Gasteiger partial charge on any atom is -0.396 e. The zero-order valence-corrected chi connectivity index (χ0v) is 17.9. The molecule has 0 fully saturated rings. The van der Waals surface area contributed by atoms with Crippen molar-refractivity contribution in [3.8, 4) is 0 Å². The molecule has 0 amide bonds. The largest absolute Gasteiger partial charge is 0.396 e. The van der Waals surface area contributed by atoms with Gasteiger partial charge in [0.05, 0.1) is 0 Å². The van der Waals surface area contributed by atoms with E-state index < -0.39 is 0 Å². The van der Waals surface area contributed by atoms with Crippen LogP contribution >= 0.6 is 24.0 Å². The molecule has 1 aromatic carbocycles. The van der Waals surface area contributed by atoms with Crippen LogP contribution in [0.5, 0.6) is 0 Å². The van der Waals surface area contributed by atoms with E-state index in [1.807, 2.05) is 0 Å². The third-order valence-electron chi connectivity index (χ3n) is 4.10. The first-order valence-electron chi connectivity index (χ1n) is 8.77. The molecule has 0 spiro atoms. The molecule has 0 saturated carbocycles. The van der Waals surface area contributed by atoms with Gasteiger partial charge < -0.3 is 15.3 Å². The maximum atomic E-state index is 9.19. The summed E-state index contributed by atoms with van der Waals surface area (Å²) in [4.78, 5) is 6.97. The SMILES string of the molecule is CCCC(CCO)CN=C(NCC)N(C)Cc1ccccc1C.I. The Labute approximate surface area is 164 Å². The van der Waals surface area contributed by atoms with E-state index in [2.05, 4.69) is 62.3 Å². The summed E-state index contributed by atoms with van der Waals surface area (Å²) < 4.78 is 0. The molecule has 0 radical (unpaired) electrons. The Bertz CT molecular complexity index is 473. The average Bonchev–Trinajstić information content (AvgIpc) is 2.53. The van der Waals surface area contributed by atoms with E-state index >= 15 is 0 Å². The van der Waals surface area contributed by atoms with Crippen molar-refractivity contribution in [1.82, 2.24) is 10.2 Å². The molecule has 1 unspecified atom stereocenters. The van der Waals surface area contributed by atoms with Gasteiger partial charge in [0.25, 0.3) is 0 Å². The lowest BCUT2D eigenvalue weighted by molar-refractivity contribution is 0.253. The van der Waals surface area contributed by atoms with E-state index in [1.54, 1.807) is 0 Å². The first-order chi connectivity index (χ1) is 11.1. The van der Waals surface area contributed by atoms with Crippen LogP contribution in [-0.4, -0.2) is 42.7 Å². The minimum absolute atomic E-state index is 0. The van der Waals surface area contributed by atoms with Crippen molar-refractivity contribution >= 4 is 29.9 Å². The Hall–Kier alpha value is -0.820. The normalized spacial score (nSPS) is 12.5. The first-order valence-corrected chi connectivity index (χ1v) is 8.77. The van der Waals surface area contributed by atoms with Gasteiger partial charge in [-0.2, -0.15) is 0 Å². The number of aliphatic imine (C=N–C) groups is 1. The van der Waals surface area contributed by atoms with Gasteiger partial charge in [-0.05, 0) is 43.7 Å². The van der Waals surface area contributed by atoms with Crippen molar-refractivity contribution < 1.29 is 5.11 Å². The fourth-order valence-corrected chi connectivity index (χ4v) is 2.72. The molecule has 0 aliphatic heterocycles. The number of rotatable bonds is 9. The lowest BCUT2D eigenvalue weighted by atomic mass is 10.0. The quantitative estimate of drug-likeness (QED) is 0.344. The van der Waals surface area contributed by atoms with Gasteiger partial charge in [0.15, 0.2) is 5.96 Å². The molecule has 0 aliphatic rings. The molecule has 0 aromatic heterocycles. The Morgan fingerprint density at radius 1 is 1.25 bits per heavy atom. The molecule has 24 heavy (non-hydrogen) atoms. The summed E-state index contributed by atoms with van der Waals surface area (Å²) in [5.74, 6) is 1.40. The first kappa shape index (κ1) is 23.2. The van der Waals surface area contributed by atoms with Crippen LogP contribution in [0.4, 0.5) is 0 Å². The van der Waals surface area contributed by atoms with Crippen molar-refractivity contribution in [2.75, 3.05) is 26.7 Å². The summed E-state index contributed by atoms with van der Waals surface area (Å²) >= 11 is 0. The molecule has 0 heterocycles. The van der Waals surface area contributed by atoms with Gasteiger partial charge in [-0.1, -0.05) is 37.6 Å². The second-order valence-corrected chi connectivity index (χ2v) is 6.14. The number of halogens is 1. The molecule has 1 rings (SSSR count). The molecular formula is C19H34IN3O. The predicted octanol–water partition coefficient (Wildman–Crippen LogP) is 3.81. The maximum Gasteiger partial charge on any atom is 0.193 e. The fourth-order valence-electron chi connectivity index (χ4n) is 2.72. The van der Waals surface area contributed by atoms with Gasteiger partial charge in [-0.15, -0.1) is 24.0 Å². The van der Waals surface area contributed by atoms with Gasteiger partial charge >= 0.3 is 0 Å². The van der Waals surface area contributed by atoms with Crippen LogP contribution in [0.1, 0.15) is 44.2 Å². The van der Waals surface area contributed by atoms with Crippen molar-refractivity contribution in [1.29, 1.82) is 0 Å². The van der Waals surface area contributed by atoms with E-state index in [0.717, 1.165) is 44.9 Å². The number of aryl methyl sites for hydroxylation is 1. The van der Waals surface area contributed by atoms with Gasteiger partial charge in [0.1, 0.15) is 0 Å². The second kappa shape index (κ2) is 13.5. The molecule has 138 valence electrons. The third-order valence-corrected chi connectivity index (χ3v) is 4.10. The molecule has 2 N–H and O–H groups in total. The van der Waals surface area contributed by atoms with Crippen molar-refractivity contribution in [3.05, 3.63) is 35.4 Å². The van der Waals surface area contributed by atoms with Gasteiger partial charge in [0.2, 0.25) is 0 Å². The average molecular weight is 447 g/mol. The van der Waals surface area contributed by atoms with E-state index in [0.29, 0.717) is 5.92 Å². The van der Waals surface area contributed by atoms with Gasteiger partial charge in [-0.3, -0.25) is 4.99 Å². The number of nitrogens with one attached hydrogen (secondary N) is 1. The molecule has 0 bridgehead atoms. The Morgan fingerprint density at radius 2 is 1.96 bits per heavy atom. The van der Waals surface area contributed by atoms with Gasteiger partial charge in [0, 0.05) is 33.3 Å². The number of guanidine groups is 1. The van der Waals surface area contributed by atoms with Crippen LogP contribution in [0.25, 0.3) is 0 Å². The summed E-state index contributed by atoms with van der Waals surface area (Å²) in [5.41, 5.74) is 2.63. The molecule has 0 aliphatic carbocycles. The smallest absolute Gasteiger partial charge is 0.193 e. The van der Waals surface area contributed by atoms with Crippen LogP contribution < -0.4 is 5.32 Å². The fraction of sp³-hybridized carbons (Fsp3) is 0.632. The molecular weight excluding hydrogens is 413 g/mol. The monoisotopic (exact) mass is 447 g/mol. The zero-order valence-electron chi connectivity index (χ0n) is 15.6. The highest BCUT2D eigenvalue weighted by molar-refractivity contribution is 14.0. The molecule has 5 heteroatoms. The highest BCUT2D eigenvalue weighted by atomic mass is 127. The molecule has 0 saturated heterocycles. The summed E-state index contributed by atoms with van der Waals surface area (Å²) in [7, 11) is 2.08. The summed E-state index contributed by atoms with van der Waals surface area (Å²) in [6.07, 6.45) is 3.08. The van der Waals surface area contributed by atoms with Gasteiger partial charge in [-0.25, -0.2) is 0 Å². The van der Waals surface area contributed by atoms with Crippen molar-refractivity contribution in [2.45, 2.75) is 46.6 Å². The molecule has 1 atom stereocenters. The predicted molar refractivity (Wildman–Crippen MR) is 114 cm³/mol. The third kappa shape index (κ3) is 8.33. The zero-order chi connectivity index (χ0) is 17.1. The van der Waals surface area contributed by atoms with E-state index in [4.69, 9.17) is 4.99 Å². The van der Waals surface area contributed by atoms with Crippen LogP contribution in [-0.2, 0) is 6.54 Å². The highest BCUT2D eigenvalue weighted by Gasteiger charge is 2.11. The van der Waals surface area contributed by atoms with E-state index in [9.17, 15) is 5.11 Å². The minimum atomic E-state index is 0. The number of hydrogen-bond acceptors (Lipinski definition) is 2. The van der Waals surface area contributed by atoms with Crippen LogP contribution in [0.15, 0.2) is 29.3 Å². The maximum absolute atomic E-state index is 9.19. The van der Waals surface area contributed by atoms with Crippen LogP contribution in [0, 0.1) is 12.8 Å². The topological polar surface area (TPSA) is 47.9 Å². The number of nitrogens with zero attached hydrogens (tertiary/aromatic N) is 2. The number of benzene rings is 1. The van der Waals surface area contributed by atoms with Crippen LogP contribution in [0.2, 0.25) is 0 Å². The summed E-state index contributed by atoms with van der Waals surface area (Å²) in [6, 6.07) is 8.47. The number of aliphatic hydroxyl groups excluding tert-OH is 1. The lowest BCUT2D eigenvalue weighted by Gasteiger charge is -2.24. The highest BCUT2D eigenvalue weighted by Crippen LogP contribution is 2.12. The van der Waals surface area contributed by atoms with Crippen LogP contribution in [0.3, 0.4) is 0 Å². The second-order valence-electron chi connectivity index (χ2n) is 6.14.